The van der Waals surface area contributed by atoms with Crippen LogP contribution in [-0.4, -0.2) is 17.6 Å². The summed E-state index contributed by atoms with van der Waals surface area (Å²) in [5, 5.41) is 13.5. The van der Waals surface area contributed by atoms with Crippen LogP contribution in [0.5, 0.6) is 0 Å². The molecule has 2 aromatic rings. The quantitative estimate of drug-likeness (QED) is 0.628. The number of nitro groups is 1. The highest BCUT2D eigenvalue weighted by Crippen LogP contribution is 2.23. The van der Waals surface area contributed by atoms with Gasteiger partial charge in [0.1, 0.15) is 6.61 Å². The number of amides is 1. The van der Waals surface area contributed by atoms with Crippen molar-refractivity contribution in [3.63, 3.8) is 0 Å². The van der Waals surface area contributed by atoms with E-state index < -0.39 is 11.0 Å². The Labute approximate surface area is 143 Å². The van der Waals surface area contributed by atoms with Gasteiger partial charge in [0.05, 0.1) is 9.95 Å². The Balaban J connectivity index is 1.78. The predicted octanol–water partition coefficient (Wildman–Crippen LogP) is 4.19. The first-order valence-electron chi connectivity index (χ1n) is 7.11. The Kier molecular flexibility index (Phi) is 6.33. The normalized spacial score (nSPS) is 10.5. The van der Waals surface area contributed by atoms with Crippen LogP contribution in [-0.2, 0) is 11.3 Å². The Bertz CT molecular complexity index is 748. The van der Waals surface area contributed by atoms with Crippen molar-refractivity contribution in [2.24, 2.45) is 0 Å². The van der Waals surface area contributed by atoms with Crippen molar-refractivity contribution in [2.45, 2.75) is 6.61 Å². The van der Waals surface area contributed by atoms with Crippen molar-refractivity contribution in [3.05, 3.63) is 80.9 Å². The van der Waals surface area contributed by atoms with Gasteiger partial charge in [0, 0.05) is 18.7 Å². The molecule has 0 aromatic heterocycles. The molecule has 0 aliphatic carbocycles. The number of non-ortho nitro benzene ring substituents is 1. The van der Waals surface area contributed by atoms with Crippen LogP contribution in [0.15, 0.2) is 54.6 Å². The van der Waals surface area contributed by atoms with Gasteiger partial charge >= 0.3 is 6.09 Å². The largest absolute Gasteiger partial charge is 0.445 e. The van der Waals surface area contributed by atoms with E-state index in [0.717, 1.165) is 5.56 Å². The van der Waals surface area contributed by atoms with Crippen LogP contribution in [0.3, 0.4) is 0 Å². The predicted molar refractivity (Wildman–Crippen MR) is 91.8 cm³/mol. The highest BCUT2D eigenvalue weighted by molar-refractivity contribution is 6.32. The molecule has 0 fully saturated rings. The molecule has 1 N–H and O–H groups in total. The van der Waals surface area contributed by atoms with Crippen LogP contribution >= 0.6 is 11.6 Å². The van der Waals surface area contributed by atoms with Crippen LogP contribution in [0, 0.1) is 10.1 Å². The molecule has 6 nitrogen and oxygen atoms in total. The Morgan fingerprint density at radius 3 is 2.67 bits per heavy atom. The summed E-state index contributed by atoms with van der Waals surface area (Å²) < 4.78 is 5.06. The lowest BCUT2D eigenvalue weighted by molar-refractivity contribution is -0.384. The van der Waals surface area contributed by atoms with E-state index in [0.29, 0.717) is 5.56 Å². The molecule has 2 rings (SSSR count). The van der Waals surface area contributed by atoms with Gasteiger partial charge in [-0.05, 0) is 17.2 Å². The lowest BCUT2D eigenvalue weighted by Gasteiger charge is -2.05. The van der Waals surface area contributed by atoms with Crippen LogP contribution < -0.4 is 5.32 Å². The Hall–Kier alpha value is -2.86. The molecule has 0 bridgehead atoms. The fourth-order valence-corrected chi connectivity index (χ4v) is 2.10. The molecule has 0 heterocycles. The van der Waals surface area contributed by atoms with E-state index in [4.69, 9.17) is 16.3 Å². The van der Waals surface area contributed by atoms with Crippen LogP contribution in [0.1, 0.15) is 11.1 Å². The molecule has 0 aliphatic rings. The summed E-state index contributed by atoms with van der Waals surface area (Å²) in [5.41, 5.74) is 1.46. The van der Waals surface area contributed by atoms with Gasteiger partial charge in [0.15, 0.2) is 0 Å². The molecule has 0 saturated carbocycles. The number of alkyl carbamates (subject to hydrolysis) is 1. The van der Waals surface area contributed by atoms with E-state index in [1.54, 1.807) is 18.2 Å². The van der Waals surface area contributed by atoms with Crippen LogP contribution in [0.2, 0.25) is 5.02 Å². The number of carbonyl (C=O) groups is 1. The summed E-state index contributed by atoms with van der Waals surface area (Å²) in [6.07, 6.45) is 2.82. The lowest BCUT2D eigenvalue weighted by atomic mass is 10.2. The maximum Gasteiger partial charge on any atom is 0.407 e. The number of halogens is 1. The molecule has 0 aliphatic heterocycles. The zero-order chi connectivity index (χ0) is 17.4. The number of nitro benzene ring substituents is 1. The van der Waals surface area contributed by atoms with Crippen molar-refractivity contribution in [2.75, 3.05) is 6.54 Å². The monoisotopic (exact) mass is 346 g/mol. The maximum atomic E-state index is 11.5. The average molecular weight is 347 g/mol. The van der Waals surface area contributed by atoms with Gasteiger partial charge < -0.3 is 10.1 Å². The first-order chi connectivity index (χ1) is 11.6. The number of ether oxygens (including phenoxy) is 1. The van der Waals surface area contributed by atoms with Gasteiger partial charge in [0.25, 0.3) is 5.69 Å². The van der Waals surface area contributed by atoms with Crippen LogP contribution in [0.4, 0.5) is 10.5 Å². The Morgan fingerprint density at radius 2 is 2.00 bits per heavy atom. The molecular formula is C17H15ClN2O4. The molecule has 124 valence electrons. The first kappa shape index (κ1) is 17.5. The maximum absolute atomic E-state index is 11.5. The molecule has 24 heavy (non-hydrogen) atoms. The van der Waals surface area contributed by atoms with E-state index in [-0.39, 0.29) is 23.9 Å². The third kappa shape index (κ3) is 5.40. The zero-order valence-corrected chi connectivity index (χ0v) is 13.4. The summed E-state index contributed by atoms with van der Waals surface area (Å²) in [4.78, 5) is 21.7. The van der Waals surface area contributed by atoms with Crippen molar-refractivity contribution in [1.29, 1.82) is 0 Å². The van der Waals surface area contributed by atoms with Crippen molar-refractivity contribution >= 4 is 29.5 Å². The zero-order valence-electron chi connectivity index (χ0n) is 12.6. The van der Waals surface area contributed by atoms with E-state index in [1.807, 2.05) is 30.3 Å². The molecular weight excluding hydrogens is 332 g/mol. The minimum atomic E-state index is -0.529. The third-order valence-electron chi connectivity index (χ3n) is 3.07. The number of carbonyl (C=O) groups excluding carboxylic acids is 1. The molecule has 0 unspecified atom stereocenters. The van der Waals surface area contributed by atoms with Crippen molar-refractivity contribution in [1.82, 2.24) is 5.32 Å². The summed E-state index contributed by atoms with van der Waals surface area (Å²) in [6.45, 7) is 0.450. The molecule has 7 heteroatoms. The first-order valence-corrected chi connectivity index (χ1v) is 7.49. The van der Waals surface area contributed by atoms with Gasteiger partial charge in [-0.15, -0.1) is 0 Å². The second-order valence-electron chi connectivity index (χ2n) is 4.81. The number of hydrogen-bond acceptors (Lipinski definition) is 4. The van der Waals surface area contributed by atoms with Gasteiger partial charge in [-0.2, -0.15) is 0 Å². The number of benzene rings is 2. The summed E-state index contributed by atoms with van der Waals surface area (Å²) in [7, 11) is 0. The van der Waals surface area contributed by atoms with Crippen molar-refractivity contribution < 1.29 is 14.5 Å². The second kappa shape index (κ2) is 8.69. The SMILES string of the molecule is O=C(NCC=Cc1ccc([N+](=O)[O-])cc1Cl)OCc1ccccc1. The highest BCUT2D eigenvalue weighted by atomic mass is 35.5. The summed E-state index contributed by atoms with van der Waals surface area (Å²) in [5.74, 6) is 0. The van der Waals surface area contributed by atoms with E-state index in [1.165, 1.54) is 12.1 Å². The summed E-state index contributed by atoms with van der Waals surface area (Å²) in [6, 6.07) is 13.5. The van der Waals surface area contributed by atoms with Crippen molar-refractivity contribution in [3.8, 4) is 0 Å². The molecule has 0 atom stereocenters. The smallest absolute Gasteiger partial charge is 0.407 e. The second-order valence-corrected chi connectivity index (χ2v) is 5.22. The average Bonchev–Trinajstić information content (AvgIpc) is 2.58. The summed E-state index contributed by atoms with van der Waals surface area (Å²) >= 11 is 5.96. The standard InChI is InChI=1S/C17H15ClN2O4/c18-16-11-15(20(22)23)9-8-14(16)7-4-10-19-17(21)24-12-13-5-2-1-3-6-13/h1-9,11H,10,12H2,(H,19,21). The molecule has 0 radical (unpaired) electrons. The molecule has 1 amide bonds. The Morgan fingerprint density at radius 1 is 1.25 bits per heavy atom. The number of nitrogens with zero attached hydrogens (tertiary/aromatic N) is 1. The minimum Gasteiger partial charge on any atom is -0.445 e. The van der Waals surface area contributed by atoms with Crippen LogP contribution in [0.25, 0.3) is 6.08 Å². The third-order valence-corrected chi connectivity index (χ3v) is 3.40. The topological polar surface area (TPSA) is 81.5 Å². The fraction of sp³-hybridized carbons (Fsp3) is 0.118. The number of rotatable bonds is 6. The van der Waals surface area contributed by atoms with Gasteiger partial charge in [-0.1, -0.05) is 54.1 Å². The molecule has 0 saturated heterocycles. The fourth-order valence-electron chi connectivity index (χ4n) is 1.87. The number of nitrogens with one attached hydrogen (secondary N) is 1. The van der Waals surface area contributed by atoms with Gasteiger partial charge in [-0.25, -0.2) is 4.79 Å². The lowest BCUT2D eigenvalue weighted by Crippen LogP contribution is -2.24. The van der Waals surface area contributed by atoms with E-state index in [9.17, 15) is 14.9 Å². The minimum absolute atomic E-state index is 0.0697. The van der Waals surface area contributed by atoms with E-state index >= 15 is 0 Å². The molecule has 0 spiro atoms. The molecule has 2 aromatic carbocycles. The van der Waals surface area contributed by atoms with Gasteiger partial charge in [-0.3, -0.25) is 10.1 Å². The number of hydrogen-bond donors (Lipinski definition) is 1. The highest BCUT2D eigenvalue weighted by Gasteiger charge is 2.07. The van der Waals surface area contributed by atoms with Gasteiger partial charge in [0.2, 0.25) is 0 Å². The van der Waals surface area contributed by atoms with E-state index in [2.05, 4.69) is 5.32 Å².